The van der Waals surface area contributed by atoms with E-state index in [9.17, 15) is 0 Å². The molecule has 32 heavy (non-hydrogen) atoms. The van der Waals surface area contributed by atoms with Crippen LogP contribution in [0, 0.1) is 12.3 Å². The van der Waals surface area contributed by atoms with Gasteiger partial charge in [0.2, 0.25) is 0 Å². The van der Waals surface area contributed by atoms with E-state index in [1.54, 1.807) is 25.3 Å². The number of aromatic nitrogens is 2. The topological polar surface area (TPSA) is 130 Å². The molecule has 176 valence electrons. The Labute approximate surface area is 189 Å². The van der Waals surface area contributed by atoms with Crippen molar-refractivity contribution >= 4 is 17.9 Å². The average Bonchev–Trinajstić information content (AvgIpc) is 2.80. The van der Waals surface area contributed by atoms with Crippen molar-refractivity contribution < 1.29 is 19.3 Å². The van der Waals surface area contributed by atoms with Crippen LogP contribution in [0.3, 0.4) is 0 Å². The maximum atomic E-state index is 9.08. The Hall–Kier alpha value is -2.95. The van der Waals surface area contributed by atoms with Gasteiger partial charge in [-0.2, -0.15) is 9.97 Å². The fraction of sp³-hybridized carbons (Fsp3) is 0.500. The van der Waals surface area contributed by atoms with E-state index in [1.807, 2.05) is 24.9 Å². The van der Waals surface area contributed by atoms with Crippen molar-refractivity contribution in [3.05, 3.63) is 35.4 Å². The molecule has 10 heteroatoms. The van der Waals surface area contributed by atoms with Crippen LogP contribution in [-0.4, -0.2) is 93.0 Å². The number of nitrogens with two attached hydrogens (primary N) is 1. The minimum absolute atomic E-state index is 0.167. The molecule has 0 amide bonds. The number of ether oxygens (including phenoxy) is 3. The second kappa shape index (κ2) is 13.5. The van der Waals surface area contributed by atoms with Gasteiger partial charge >= 0.3 is 6.01 Å². The smallest absolute Gasteiger partial charge is 0.320 e. The van der Waals surface area contributed by atoms with Crippen LogP contribution >= 0.6 is 0 Å². The highest BCUT2D eigenvalue weighted by molar-refractivity contribution is 5.81. The van der Waals surface area contributed by atoms with Crippen LogP contribution in [0.4, 0.5) is 11.6 Å². The Kier molecular flexibility index (Phi) is 10.6. The van der Waals surface area contributed by atoms with Crippen LogP contribution in [0.2, 0.25) is 0 Å². The number of aryl methyl sites for hydroxylation is 1. The van der Waals surface area contributed by atoms with Gasteiger partial charge in [0.25, 0.3) is 0 Å². The van der Waals surface area contributed by atoms with Crippen molar-refractivity contribution in [1.29, 1.82) is 5.41 Å². The molecule has 0 aliphatic carbocycles. The first-order valence-corrected chi connectivity index (χ1v) is 10.5. The number of nitrogens with one attached hydrogen (secondary N) is 1. The van der Waals surface area contributed by atoms with Gasteiger partial charge in [0, 0.05) is 58.2 Å². The molecule has 1 aromatic heterocycles. The number of nitrogen functional groups attached to an aromatic ring is 1. The maximum Gasteiger partial charge on any atom is 0.320 e. The number of hydrogen-bond acceptors (Lipinski definition) is 10. The van der Waals surface area contributed by atoms with E-state index >= 15 is 0 Å². The largest absolute Gasteiger partial charge is 0.507 e. The summed E-state index contributed by atoms with van der Waals surface area (Å²) in [5.74, 6) is 1.29. The summed E-state index contributed by atoms with van der Waals surface area (Å²) in [4.78, 5) is 12.8. The average molecular weight is 447 g/mol. The van der Waals surface area contributed by atoms with Gasteiger partial charge in [-0.3, -0.25) is 4.90 Å². The Morgan fingerprint density at radius 2 is 2.00 bits per heavy atom. The molecule has 2 heterocycles. The van der Waals surface area contributed by atoms with Crippen LogP contribution in [0.1, 0.15) is 11.1 Å². The molecule has 2 aromatic rings. The first kappa shape index (κ1) is 25.3. The molecule has 1 aliphatic rings. The molecule has 0 atom stereocenters. The lowest BCUT2D eigenvalue weighted by molar-refractivity contribution is 0.0317. The summed E-state index contributed by atoms with van der Waals surface area (Å²) in [6.07, 6.45) is 1.14. The molecule has 1 saturated heterocycles. The van der Waals surface area contributed by atoms with Gasteiger partial charge in [0.1, 0.15) is 24.0 Å². The quantitative estimate of drug-likeness (QED) is 0.491. The summed E-state index contributed by atoms with van der Waals surface area (Å²) in [6, 6.07) is 7.21. The van der Waals surface area contributed by atoms with Gasteiger partial charge in [-0.25, -0.2) is 0 Å². The third kappa shape index (κ3) is 8.66. The number of phenols is 1. The summed E-state index contributed by atoms with van der Waals surface area (Å²) in [5, 5.41) is 16.0. The minimum Gasteiger partial charge on any atom is -0.507 e. The number of aromatic hydroxyl groups is 1. The standard InChI is InChI=1S/C14H25N5O3.C8H9NO/c1-18(3-7-20-2)13-11-12(15)16-14(17-13)22-10-6-19-4-8-21-9-5-19;1-6-2-3-8(10)7(4-6)5-9/h11H,3-10H2,1-2H3,(H2,15,16,17);2-5,9-10H,1H3. The van der Waals surface area contributed by atoms with Crippen molar-refractivity contribution in [1.82, 2.24) is 14.9 Å². The number of benzene rings is 1. The molecule has 0 radical (unpaired) electrons. The molecule has 0 saturated carbocycles. The van der Waals surface area contributed by atoms with Crippen LogP contribution < -0.4 is 15.4 Å². The zero-order valence-corrected chi connectivity index (χ0v) is 19.1. The molecule has 1 aromatic carbocycles. The van der Waals surface area contributed by atoms with Gasteiger partial charge in [-0.15, -0.1) is 0 Å². The Bertz CT molecular complexity index is 845. The van der Waals surface area contributed by atoms with Crippen LogP contribution in [0.15, 0.2) is 24.3 Å². The second-order valence-electron chi connectivity index (χ2n) is 7.36. The highest BCUT2D eigenvalue weighted by atomic mass is 16.5. The molecular formula is C22H34N6O4. The molecule has 0 spiro atoms. The predicted octanol–water partition coefficient (Wildman–Crippen LogP) is 1.55. The van der Waals surface area contributed by atoms with Crippen molar-refractivity contribution in [2.24, 2.45) is 0 Å². The summed E-state index contributed by atoms with van der Waals surface area (Å²) < 4.78 is 16.0. The molecule has 4 N–H and O–H groups in total. The van der Waals surface area contributed by atoms with Gasteiger partial charge < -0.3 is 35.4 Å². The highest BCUT2D eigenvalue weighted by Gasteiger charge is 2.11. The normalized spacial score (nSPS) is 13.7. The fourth-order valence-electron chi connectivity index (χ4n) is 2.91. The zero-order chi connectivity index (χ0) is 23.3. The molecule has 10 nitrogen and oxygen atoms in total. The lowest BCUT2D eigenvalue weighted by Gasteiger charge is -2.26. The van der Waals surface area contributed by atoms with E-state index in [1.165, 1.54) is 0 Å². The van der Waals surface area contributed by atoms with E-state index in [0.717, 1.165) is 57.0 Å². The number of nitrogens with zero attached hydrogens (tertiary/aromatic N) is 4. The summed E-state index contributed by atoms with van der Waals surface area (Å²) in [7, 11) is 3.60. The Morgan fingerprint density at radius 1 is 1.25 bits per heavy atom. The molecule has 0 bridgehead atoms. The number of methoxy groups -OCH3 is 1. The van der Waals surface area contributed by atoms with Crippen molar-refractivity contribution in [3.8, 4) is 11.8 Å². The Balaban J connectivity index is 0.000000303. The summed E-state index contributed by atoms with van der Waals surface area (Å²) in [5.41, 5.74) is 7.45. The maximum absolute atomic E-state index is 9.08. The number of phenolic OH excluding ortho intramolecular Hbond substituents is 1. The third-order valence-electron chi connectivity index (χ3n) is 4.81. The predicted molar refractivity (Wildman–Crippen MR) is 125 cm³/mol. The third-order valence-corrected chi connectivity index (χ3v) is 4.81. The van der Waals surface area contributed by atoms with E-state index in [-0.39, 0.29) is 5.75 Å². The van der Waals surface area contributed by atoms with Crippen molar-refractivity contribution in [3.63, 3.8) is 0 Å². The number of morpholine rings is 1. The molecule has 3 rings (SSSR count). The summed E-state index contributed by atoms with van der Waals surface area (Å²) in [6.45, 7) is 8.06. The van der Waals surface area contributed by atoms with E-state index in [4.69, 9.17) is 30.5 Å². The van der Waals surface area contributed by atoms with Gasteiger partial charge in [0.15, 0.2) is 0 Å². The number of hydrogen-bond donors (Lipinski definition) is 3. The molecule has 1 fully saturated rings. The zero-order valence-electron chi connectivity index (χ0n) is 19.1. The number of anilines is 2. The van der Waals surface area contributed by atoms with Crippen LogP contribution in [0.5, 0.6) is 11.8 Å². The van der Waals surface area contributed by atoms with Gasteiger partial charge in [-0.05, 0) is 19.1 Å². The molecular weight excluding hydrogens is 412 g/mol. The van der Waals surface area contributed by atoms with Gasteiger partial charge in [0.05, 0.1) is 19.8 Å². The lowest BCUT2D eigenvalue weighted by Crippen LogP contribution is -2.38. The monoisotopic (exact) mass is 446 g/mol. The first-order valence-electron chi connectivity index (χ1n) is 10.5. The first-order chi connectivity index (χ1) is 15.4. The summed E-state index contributed by atoms with van der Waals surface area (Å²) >= 11 is 0. The fourth-order valence-corrected chi connectivity index (χ4v) is 2.91. The SMILES string of the molecule is COCCN(C)c1cc(N)nc(OCCN2CCOCC2)n1.Cc1ccc(O)c(C=N)c1. The van der Waals surface area contributed by atoms with E-state index < -0.39 is 0 Å². The lowest BCUT2D eigenvalue weighted by atomic mass is 10.1. The molecule has 1 aliphatic heterocycles. The van der Waals surface area contributed by atoms with E-state index in [2.05, 4.69) is 14.9 Å². The second-order valence-corrected chi connectivity index (χ2v) is 7.36. The Morgan fingerprint density at radius 3 is 2.66 bits per heavy atom. The van der Waals surface area contributed by atoms with Crippen molar-refractivity contribution in [2.45, 2.75) is 6.92 Å². The van der Waals surface area contributed by atoms with Gasteiger partial charge in [-0.1, -0.05) is 11.6 Å². The number of rotatable bonds is 9. The van der Waals surface area contributed by atoms with Crippen LogP contribution in [0.25, 0.3) is 0 Å². The highest BCUT2D eigenvalue weighted by Crippen LogP contribution is 2.17. The minimum atomic E-state index is 0.167. The van der Waals surface area contributed by atoms with E-state index in [0.29, 0.717) is 30.6 Å². The van der Waals surface area contributed by atoms with Crippen LogP contribution in [-0.2, 0) is 9.47 Å². The van der Waals surface area contributed by atoms with Crippen molar-refractivity contribution in [2.75, 3.05) is 77.4 Å². The number of likely N-dealkylation sites (N-methyl/N-ethyl adjacent to an activating group) is 1. The molecule has 0 unspecified atom stereocenters.